The number of benzene rings is 2. The first-order chi connectivity index (χ1) is 13.9. The van der Waals surface area contributed by atoms with E-state index in [2.05, 4.69) is 43.8 Å². The Hall–Kier alpha value is -2.07. The van der Waals surface area contributed by atoms with Crippen LogP contribution < -0.4 is 14.8 Å². The van der Waals surface area contributed by atoms with Gasteiger partial charge < -0.3 is 14.8 Å². The van der Waals surface area contributed by atoms with E-state index in [4.69, 9.17) is 9.47 Å². The molecule has 2 aromatic rings. The van der Waals surface area contributed by atoms with Crippen LogP contribution in [0.1, 0.15) is 24.5 Å². The summed E-state index contributed by atoms with van der Waals surface area (Å²) in [6.07, 6.45) is 2.34. The quantitative estimate of drug-likeness (QED) is 0.291. The van der Waals surface area contributed by atoms with Crippen molar-refractivity contribution >= 4 is 56.5 Å². The largest absolute Gasteiger partial charge is 0.493 e. The third-order valence-electron chi connectivity index (χ3n) is 4.27. The Bertz CT molecular complexity index is 960. The molecule has 2 aromatic carbocycles. The van der Waals surface area contributed by atoms with E-state index in [1.165, 1.54) is 4.90 Å². The van der Waals surface area contributed by atoms with Gasteiger partial charge in [-0.1, -0.05) is 19.1 Å². The number of imide groups is 1. The first-order valence-electron chi connectivity index (χ1n) is 9.02. The normalized spacial score (nSPS) is 15.0. The number of carbonyl (C=O) groups excluding carboxylic acids is 2. The van der Waals surface area contributed by atoms with E-state index in [0.717, 1.165) is 9.13 Å². The third-order valence-corrected chi connectivity index (χ3v) is 5.58. The molecule has 0 saturated carbocycles. The van der Waals surface area contributed by atoms with Gasteiger partial charge in [0.1, 0.15) is 12.3 Å². The van der Waals surface area contributed by atoms with Crippen molar-refractivity contribution < 1.29 is 19.1 Å². The number of hydrogen-bond acceptors (Lipinski definition) is 4. The number of nitrogens with zero attached hydrogens (tertiary/aromatic N) is 1. The van der Waals surface area contributed by atoms with Gasteiger partial charge in [-0.2, -0.15) is 0 Å². The molecule has 29 heavy (non-hydrogen) atoms. The van der Waals surface area contributed by atoms with E-state index in [0.29, 0.717) is 41.1 Å². The molecule has 3 amide bonds. The van der Waals surface area contributed by atoms with E-state index in [1.807, 2.05) is 37.3 Å². The summed E-state index contributed by atoms with van der Waals surface area (Å²) in [5, 5.41) is 2.62. The molecule has 0 aliphatic carbocycles. The molecule has 1 fully saturated rings. The van der Waals surface area contributed by atoms with Crippen LogP contribution in [0, 0.1) is 3.57 Å². The van der Waals surface area contributed by atoms with Crippen molar-refractivity contribution in [3.8, 4) is 11.5 Å². The van der Waals surface area contributed by atoms with Crippen molar-refractivity contribution in [2.75, 3.05) is 13.7 Å². The summed E-state index contributed by atoms with van der Waals surface area (Å²) in [5.41, 5.74) is 1.99. The second kappa shape index (κ2) is 9.62. The summed E-state index contributed by atoms with van der Waals surface area (Å²) in [6.45, 7) is 2.70. The molecule has 0 unspecified atom stereocenters. The molecular weight excluding hydrogens is 551 g/mol. The maximum atomic E-state index is 12.4. The van der Waals surface area contributed by atoms with Crippen molar-refractivity contribution in [1.82, 2.24) is 10.2 Å². The molecule has 1 heterocycles. The van der Waals surface area contributed by atoms with Crippen molar-refractivity contribution in [1.29, 1.82) is 0 Å². The van der Waals surface area contributed by atoms with Gasteiger partial charge in [-0.15, -0.1) is 0 Å². The maximum Gasteiger partial charge on any atom is 0.329 e. The zero-order valence-corrected chi connectivity index (χ0v) is 19.7. The van der Waals surface area contributed by atoms with E-state index in [1.54, 1.807) is 19.3 Å². The predicted octanol–water partition coefficient (Wildman–Crippen LogP) is 4.94. The topological polar surface area (TPSA) is 67.9 Å². The van der Waals surface area contributed by atoms with Crippen LogP contribution in [0.4, 0.5) is 4.79 Å². The van der Waals surface area contributed by atoms with Crippen molar-refractivity contribution in [2.24, 2.45) is 0 Å². The van der Waals surface area contributed by atoms with Gasteiger partial charge in [-0.25, -0.2) is 4.79 Å². The van der Waals surface area contributed by atoms with E-state index in [9.17, 15) is 9.59 Å². The van der Waals surface area contributed by atoms with Gasteiger partial charge in [0.15, 0.2) is 11.5 Å². The fourth-order valence-electron chi connectivity index (χ4n) is 2.86. The SMILES string of the molecule is CCCN1C(=O)N/C(=C/c2cc(Br)c(OCc3ccc(I)cc3)c(OC)c2)C1=O. The van der Waals surface area contributed by atoms with E-state index < -0.39 is 6.03 Å². The number of amides is 3. The van der Waals surface area contributed by atoms with Gasteiger partial charge in [0.05, 0.1) is 11.6 Å². The molecule has 1 N–H and O–H groups in total. The molecular formula is C21H20BrIN2O4. The lowest BCUT2D eigenvalue weighted by molar-refractivity contribution is -0.122. The Labute approximate surface area is 191 Å². The van der Waals surface area contributed by atoms with Crippen molar-refractivity contribution in [3.63, 3.8) is 0 Å². The smallest absolute Gasteiger partial charge is 0.329 e. The number of halogens is 2. The summed E-state index contributed by atoms with van der Waals surface area (Å²) in [6, 6.07) is 11.3. The summed E-state index contributed by atoms with van der Waals surface area (Å²) in [5.74, 6) is 0.771. The summed E-state index contributed by atoms with van der Waals surface area (Å²) < 4.78 is 13.3. The molecule has 0 bridgehead atoms. The lowest BCUT2D eigenvalue weighted by Crippen LogP contribution is -2.31. The van der Waals surface area contributed by atoms with Crippen LogP contribution in [0.3, 0.4) is 0 Å². The van der Waals surface area contributed by atoms with Gasteiger partial charge >= 0.3 is 6.03 Å². The lowest BCUT2D eigenvalue weighted by Gasteiger charge is -2.14. The zero-order chi connectivity index (χ0) is 21.0. The van der Waals surface area contributed by atoms with Gasteiger partial charge in [0, 0.05) is 10.1 Å². The Morgan fingerprint density at radius 1 is 1.21 bits per heavy atom. The number of nitrogens with one attached hydrogen (secondary N) is 1. The molecule has 8 heteroatoms. The molecule has 6 nitrogen and oxygen atoms in total. The summed E-state index contributed by atoms with van der Waals surface area (Å²) in [7, 11) is 1.56. The molecule has 1 aliphatic rings. The summed E-state index contributed by atoms with van der Waals surface area (Å²) in [4.78, 5) is 25.6. The molecule has 1 saturated heterocycles. The minimum Gasteiger partial charge on any atom is -0.493 e. The molecule has 0 spiro atoms. The number of carbonyl (C=O) groups is 2. The average molecular weight is 571 g/mol. The fraction of sp³-hybridized carbons (Fsp3) is 0.238. The second-order valence-electron chi connectivity index (χ2n) is 6.39. The number of methoxy groups -OCH3 is 1. The predicted molar refractivity (Wildman–Crippen MR) is 123 cm³/mol. The highest BCUT2D eigenvalue weighted by Crippen LogP contribution is 2.38. The molecule has 3 rings (SSSR count). The molecule has 152 valence electrons. The number of ether oxygens (including phenoxy) is 2. The van der Waals surface area contributed by atoms with E-state index in [-0.39, 0.29) is 11.6 Å². The first kappa shape index (κ1) is 21.6. The van der Waals surface area contributed by atoms with Crippen LogP contribution in [-0.4, -0.2) is 30.5 Å². The number of rotatable bonds is 7. The highest BCUT2D eigenvalue weighted by Gasteiger charge is 2.32. The van der Waals surface area contributed by atoms with Gasteiger partial charge in [-0.05, 0) is 86.4 Å². The Morgan fingerprint density at radius 3 is 2.59 bits per heavy atom. The molecule has 1 aliphatic heterocycles. The van der Waals surface area contributed by atoms with Crippen LogP contribution in [-0.2, 0) is 11.4 Å². The first-order valence-corrected chi connectivity index (χ1v) is 10.9. The third kappa shape index (κ3) is 5.11. The highest BCUT2D eigenvalue weighted by molar-refractivity contribution is 14.1. The van der Waals surface area contributed by atoms with Gasteiger partial charge in [0.2, 0.25) is 0 Å². The van der Waals surface area contributed by atoms with Crippen LogP contribution in [0.25, 0.3) is 6.08 Å². The Balaban J connectivity index is 1.82. The molecule has 0 radical (unpaired) electrons. The molecule has 0 aromatic heterocycles. The zero-order valence-electron chi connectivity index (χ0n) is 16.0. The van der Waals surface area contributed by atoms with Gasteiger partial charge in [-0.3, -0.25) is 9.69 Å². The monoisotopic (exact) mass is 570 g/mol. The van der Waals surface area contributed by atoms with Crippen LogP contribution in [0.2, 0.25) is 0 Å². The average Bonchev–Trinajstić information content (AvgIpc) is 2.96. The van der Waals surface area contributed by atoms with Crippen LogP contribution >= 0.6 is 38.5 Å². The van der Waals surface area contributed by atoms with Crippen LogP contribution in [0.5, 0.6) is 11.5 Å². The highest BCUT2D eigenvalue weighted by atomic mass is 127. The summed E-state index contributed by atoms with van der Waals surface area (Å²) >= 11 is 5.78. The maximum absolute atomic E-state index is 12.4. The van der Waals surface area contributed by atoms with Crippen molar-refractivity contribution in [2.45, 2.75) is 20.0 Å². The Morgan fingerprint density at radius 2 is 1.93 bits per heavy atom. The Kier molecular flexibility index (Phi) is 7.18. The second-order valence-corrected chi connectivity index (χ2v) is 8.49. The fourth-order valence-corrected chi connectivity index (χ4v) is 3.80. The molecule has 0 atom stereocenters. The lowest BCUT2D eigenvalue weighted by atomic mass is 10.1. The van der Waals surface area contributed by atoms with Crippen LogP contribution in [0.15, 0.2) is 46.6 Å². The number of urea groups is 1. The van der Waals surface area contributed by atoms with E-state index >= 15 is 0 Å². The minimum atomic E-state index is -0.397. The standard InChI is InChI=1S/C21H20BrIN2O4/c1-3-8-25-20(26)17(24-21(25)27)10-14-9-16(22)19(18(11-14)28-2)29-12-13-4-6-15(23)7-5-13/h4-7,9-11H,3,8,12H2,1-2H3,(H,24,27)/b17-10+. The van der Waals surface area contributed by atoms with Gasteiger partial charge in [0.25, 0.3) is 5.91 Å². The van der Waals surface area contributed by atoms with Crippen molar-refractivity contribution in [3.05, 3.63) is 61.3 Å². The number of hydrogen-bond donors (Lipinski definition) is 1. The minimum absolute atomic E-state index is 0.241.